The second-order valence-corrected chi connectivity index (χ2v) is 11.2. The van der Waals surface area contributed by atoms with Gasteiger partial charge in [-0.1, -0.05) is 47.5 Å². The zero-order valence-electron chi connectivity index (χ0n) is 21.8. The Morgan fingerprint density at radius 1 is 1.03 bits per heavy atom. The topological polar surface area (TPSA) is 55.2 Å². The molecule has 1 saturated heterocycles. The normalized spacial score (nSPS) is 13.4. The maximum atomic E-state index is 14.2. The first-order valence-corrected chi connectivity index (χ1v) is 14.1. The van der Waals surface area contributed by atoms with Crippen LogP contribution in [0.1, 0.15) is 54.7 Å². The first-order valence-electron chi connectivity index (χ1n) is 12.9. The monoisotopic (exact) mass is 543 g/mol. The SMILES string of the molecule is CC(C)=Cc1c(C(=O)N2CCCCC2)cc(-c2nc(-c3ccc(Cl)cc3)cs2)c(=O)n1-c1ccccc1C. The first-order chi connectivity index (χ1) is 18.3. The van der Waals surface area contributed by atoms with E-state index >= 15 is 0 Å². The minimum absolute atomic E-state index is 0.0461. The molecular weight excluding hydrogens is 514 g/mol. The van der Waals surface area contributed by atoms with E-state index in [0.29, 0.717) is 26.9 Å². The van der Waals surface area contributed by atoms with Crippen LogP contribution in [0.4, 0.5) is 0 Å². The van der Waals surface area contributed by atoms with E-state index in [-0.39, 0.29) is 11.5 Å². The van der Waals surface area contributed by atoms with Gasteiger partial charge in [-0.2, -0.15) is 0 Å². The number of thiazole rings is 1. The third kappa shape index (κ3) is 5.24. The van der Waals surface area contributed by atoms with Gasteiger partial charge in [0, 0.05) is 29.1 Å². The molecule has 1 aliphatic heterocycles. The maximum Gasteiger partial charge on any atom is 0.265 e. The van der Waals surface area contributed by atoms with Gasteiger partial charge in [0.2, 0.25) is 0 Å². The fraction of sp³-hybridized carbons (Fsp3) is 0.258. The van der Waals surface area contributed by atoms with E-state index in [9.17, 15) is 9.59 Å². The van der Waals surface area contributed by atoms with Crippen molar-refractivity contribution < 1.29 is 4.79 Å². The van der Waals surface area contributed by atoms with Crippen LogP contribution in [0.15, 0.2) is 70.3 Å². The Kier molecular flexibility index (Phi) is 7.63. The number of carbonyl (C=O) groups is 1. The standard InChI is InChI=1S/C31H30ClN3O2S/c1-20(2)17-28-24(30(36)34-15-7-4-8-16-34)18-25(31(37)35(28)27-10-6-5-9-21(27)3)29-33-26(19-38-29)22-11-13-23(32)14-12-22/h5-6,9-14,17-19H,4,7-8,15-16H2,1-3H3. The zero-order chi connectivity index (χ0) is 26.8. The number of halogens is 1. The first kappa shape index (κ1) is 26.1. The zero-order valence-corrected chi connectivity index (χ0v) is 23.4. The molecule has 1 aliphatic rings. The molecule has 0 aliphatic carbocycles. The number of aryl methyl sites for hydroxylation is 1. The molecule has 194 valence electrons. The highest BCUT2D eigenvalue weighted by Gasteiger charge is 2.26. The number of piperidine rings is 1. The van der Waals surface area contributed by atoms with Gasteiger partial charge in [-0.15, -0.1) is 11.3 Å². The van der Waals surface area contributed by atoms with Gasteiger partial charge < -0.3 is 4.90 Å². The number of pyridine rings is 1. The molecule has 0 unspecified atom stereocenters. The van der Waals surface area contributed by atoms with Gasteiger partial charge in [0.25, 0.3) is 11.5 Å². The second-order valence-electron chi connectivity index (χ2n) is 9.90. The Hall–Kier alpha value is -3.48. The fourth-order valence-corrected chi connectivity index (χ4v) is 5.80. The number of para-hydroxylation sites is 1. The largest absolute Gasteiger partial charge is 0.339 e. The molecule has 3 heterocycles. The number of nitrogens with zero attached hydrogens (tertiary/aromatic N) is 3. The number of amides is 1. The minimum atomic E-state index is -0.195. The lowest BCUT2D eigenvalue weighted by Crippen LogP contribution is -2.37. The van der Waals surface area contributed by atoms with Gasteiger partial charge in [0.15, 0.2) is 0 Å². The molecular formula is C31H30ClN3O2S. The van der Waals surface area contributed by atoms with E-state index in [0.717, 1.165) is 60.4 Å². The lowest BCUT2D eigenvalue weighted by molar-refractivity contribution is 0.0723. The predicted molar refractivity (Wildman–Crippen MR) is 157 cm³/mol. The van der Waals surface area contributed by atoms with Crippen LogP contribution in [0.2, 0.25) is 5.02 Å². The predicted octanol–water partition coefficient (Wildman–Crippen LogP) is 7.64. The molecule has 0 spiro atoms. The lowest BCUT2D eigenvalue weighted by Gasteiger charge is -2.28. The number of likely N-dealkylation sites (tertiary alicyclic amines) is 1. The van der Waals surface area contributed by atoms with Crippen LogP contribution >= 0.6 is 22.9 Å². The van der Waals surface area contributed by atoms with Crippen molar-refractivity contribution in [2.45, 2.75) is 40.0 Å². The Bertz CT molecular complexity index is 1570. The minimum Gasteiger partial charge on any atom is -0.339 e. The van der Waals surface area contributed by atoms with Crippen molar-refractivity contribution in [1.82, 2.24) is 14.5 Å². The van der Waals surface area contributed by atoms with Gasteiger partial charge in [0.05, 0.1) is 28.2 Å². The van der Waals surface area contributed by atoms with E-state index < -0.39 is 0 Å². The van der Waals surface area contributed by atoms with Crippen LogP contribution in [-0.2, 0) is 0 Å². The van der Waals surface area contributed by atoms with E-state index in [2.05, 4.69) is 0 Å². The summed E-state index contributed by atoms with van der Waals surface area (Å²) in [6, 6.07) is 17.0. The smallest absolute Gasteiger partial charge is 0.265 e. The van der Waals surface area contributed by atoms with E-state index in [1.54, 1.807) is 10.6 Å². The molecule has 38 heavy (non-hydrogen) atoms. The van der Waals surface area contributed by atoms with Crippen molar-refractivity contribution in [3.63, 3.8) is 0 Å². The van der Waals surface area contributed by atoms with Crippen molar-refractivity contribution >= 4 is 34.9 Å². The molecule has 2 aromatic carbocycles. The molecule has 5 nitrogen and oxygen atoms in total. The molecule has 0 atom stereocenters. The second kappa shape index (κ2) is 11.1. The van der Waals surface area contributed by atoms with Crippen LogP contribution in [-0.4, -0.2) is 33.4 Å². The summed E-state index contributed by atoms with van der Waals surface area (Å²) in [5, 5.41) is 3.17. The van der Waals surface area contributed by atoms with Gasteiger partial charge in [-0.25, -0.2) is 4.98 Å². The summed E-state index contributed by atoms with van der Waals surface area (Å²) in [6.07, 6.45) is 5.05. The van der Waals surface area contributed by atoms with Crippen molar-refractivity contribution in [2.24, 2.45) is 0 Å². The highest BCUT2D eigenvalue weighted by molar-refractivity contribution is 7.13. The van der Waals surface area contributed by atoms with Crippen LogP contribution in [0.25, 0.3) is 33.6 Å². The summed E-state index contributed by atoms with van der Waals surface area (Å²) in [7, 11) is 0. The molecule has 2 aromatic heterocycles. The highest BCUT2D eigenvalue weighted by atomic mass is 35.5. The van der Waals surface area contributed by atoms with Crippen molar-refractivity contribution in [3.05, 3.63) is 97.7 Å². The summed E-state index contributed by atoms with van der Waals surface area (Å²) < 4.78 is 1.69. The molecule has 0 N–H and O–H groups in total. The van der Waals surface area contributed by atoms with Gasteiger partial charge in [-0.3, -0.25) is 14.2 Å². The Morgan fingerprint density at radius 3 is 2.42 bits per heavy atom. The molecule has 1 amide bonds. The third-order valence-corrected chi connectivity index (χ3v) is 7.90. The molecule has 0 saturated carbocycles. The number of rotatable bonds is 5. The van der Waals surface area contributed by atoms with E-state index in [4.69, 9.17) is 16.6 Å². The van der Waals surface area contributed by atoms with Crippen molar-refractivity contribution in [1.29, 1.82) is 0 Å². The maximum absolute atomic E-state index is 14.2. The Balaban J connectivity index is 1.76. The number of aromatic nitrogens is 2. The van der Waals surface area contributed by atoms with Gasteiger partial charge in [-0.05, 0) is 75.9 Å². The van der Waals surface area contributed by atoms with Crippen LogP contribution < -0.4 is 5.56 Å². The van der Waals surface area contributed by atoms with Crippen LogP contribution in [0.3, 0.4) is 0 Å². The summed E-state index contributed by atoms with van der Waals surface area (Å²) in [4.78, 5) is 34.9. The fourth-order valence-electron chi connectivity index (χ4n) is 4.84. The highest BCUT2D eigenvalue weighted by Crippen LogP contribution is 2.31. The summed E-state index contributed by atoms with van der Waals surface area (Å²) >= 11 is 7.47. The van der Waals surface area contributed by atoms with Crippen LogP contribution in [0, 0.1) is 6.92 Å². The average molecular weight is 544 g/mol. The average Bonchev–Trinajstić information content (AvgIpc) is 3.40. The summed E-state index contributed by atoms with van der Waals surface area (Å²) in [5.41, 5.74) is 5.76. The number of carbonyl (C=O) groups excluding carboxylic acids is 1. The number of allylic oxidation sites excluding steroid dienone is 1. The van der Waals surface area contributed by atoms with Crippen LogP contribution in [0.5, 0.6) is 0 Å². The third-order valence-electron chi connectivity index (χ3n) is 6.77. The van der Waals surface area contributed by atoms with Crippen molar-refractivity contribution in [2.75, 3.05) is 13.1 Å². The van der Waals surface area contributed by atoms with E-state index in [1.807, 2.05) is 85.7 Å². The van der Waals surface area contributed by atoms with Gasteiger partial charge >= 0.3 is 0 Å². The van der Waals surface area contributed by atoms with Gasteiger partial charge in [0.1, 0.15) is 5.01 Å². The molecule has 1 fully saturated rings. The molecule has 0 bridgehead atoms. The summed E-state index contributed by atoms with van der Waals surface area (Å²) in [6.45, 7) is 7.40. The Morgan fingerprint density at radius 2 is 1.74 bits per heavy atom. The number of hydrogen-bond donors (Lipinski definition) is 0. The number of benzene rings is 2. The molecule has 0 radical (unpaired) electrons. The molecule has 4 aromatic rings. The number of hydrogen-bond acceptors (Lipinski definition) is 4. The quantitative estimate of drug-likeness (QED) is 0.260. The lowest BCUT2D eigenvalue weighted by atomic mass is 10.0. The van der Waals surface area contributed by atoms with E-state index in [1.165, 1.54) is 11.3 Å². The molecule has 7 heteroatoms. The van der Waals surface area contributed by atoms with Crippen molar-refractivity contribution in [3.8, 4) is 27.5 Å². The summed E-state index contributed by atoms with van der Waals surface area (Å²) in [5.74, 6) is -0.0461. The Labute approximate surface area is 232 Å². The molecule has 5 rings (SSSR count).